The van der Waals surface area contributed by atoms with Gasteiger partial charge in [0.1, 0.15) is 4.64 Å². The molecule has 0 aliphatic rings. The summed E-state index contributed by atoms with van der Waals surface area (Å²) in [5, 5.41) is 3.50. The molecule has 0 saturated heterocycles. The molecular weight excluding hydrogens is 392 g/mol. The van der Waals surface area contributed by atoms with Crippen molar-refractivity contribution in [2.75, 3.05) is 0 Å². The van der Waals surface area contributed by atoms with Gasteiger partial charge in [-0.15, -0.1) is 0 Å². The van der Waals surface area contributed by atoms with Crippen LogP contribution in [0.4, 0.5) is 0 Å². The van der Waals surface area contributed by atoms with Crippen molar-refractivity contribution >= 4 is 28.1 Å². The summed E-state index contributed by atoms with van der Waals surface area (Å²) in [6.45, 7) is 0. The smallest absolute Gasteiger partial charge is 0.136 e. The lowest BCUT2D eigenvalue weighted by atomic mass is 10.0. The first-order chi connectivity index (χ1) is 12.2. The lowest BCUT2D eigenvalue weighted by molar-refractivity contribution is 0.872. The Morgan fingerprint density at radius 2 is 1.28 bits per heavy atom. The van der Waals surface area contributed by atoms with E-state index in [4.69, 9.17) is 12.2 Å². The molecule has 0 aliphatic carbocycles. The third-order valence-corrected chi connectivity index (χ3v) is 5.02. The van der Waals surface area contributed by atoms with Gasteiger partial charge in [0, 0.05) is 15.6 Å². The highest BCUT2D eigenvalue weighted by molar-refractivity contribution is 9.10. The van der Waals surface area contributed by atoms with Crippen molar-refractivity contribution in [3.05, 3.63) is 94.0 Å². The number of nitrogens with one attached hydrogen (secondary N) is 1. The highest BCUT2D eigenvalue weighted by Crippen LogP contribution is 2.33. The van der Waals surface area contributed by atoms with Crippen LogP contribution in [-0.2, 0) is 0 Å². The summed E-state index contributed by atoms with van der Waals surface area (Å²) in [5.41, 5.74) is 5.30. The van der Waals surface area contributed by atoms with Crippen LogP contribution in [0.1, 0.15) is 0 Å². The molecule has 0 radical (unpaired) electrons. The van der Waals surface area contributed by atoms with Gasteiger partial charge in [-0.25, -0.2) is 4.68 Å². The fourth-order valence-electron chi connectivity index (χ4n) is 2.90. The molecule has 4 heteroatoms. The van der Waals surface area contributed by atoms with E-state index in [0.29, 0.717) is 0 Å². The van der Waals surface area contributed by atoms with E-state index in [1.165, 1.54) is 0 Å². The van der Waals surface area contributed by atoms with Gasteiger partial charge in [0.25, 0.3) is 0 Å². The van der Waals surface area contributed by atoms with Crippen molar-refractivity contribution in [1.29, 1.82) is 0 Å². The van der Waals surface area contributed by atoms with Crippen LogP contribution in [-0.4, -0.2) is 9.78 Å². The van der Waals surface area contributed by atoms with Gasteiger partial charge >= 0.3 is 0 Å². The minimum atomic E-state index is 0.771. The van der Waals surface area contributed by atoms with Crippen LogP contribution in [0.15, 0.2) is 89.4 Å². The molecule has 1 aromatic heterocycles. The average Bonchev–Trinajstić information content (AvgIpc) is 3.01. The maximum Gasteiger partial charge on any atom is 0.136 e. The molecular formula is C21H15BrN2S. The van der Waals surface area contributed by atoms with E-state index in [-0.39, 0.29) is 0 Å². The lowest BCUT2D eigenvalue weighted by Gasteiger charge is -2.03. The van der Waals surface area contributed by atoms with Crippen molar-refractivity contribution in [1.82, 2.24) is 9.78 Å². The number of hydrogen-bond acceptors (Lipinski definition) is 1. The molecule has 4 rings (SSSR count). The van der Waals surface area contributed by atoms with Crippen LogP contribution in [0.25, 0.3) is 28.1 Å². The van der Waals surface area contributed by atoms with Gasteiger partial charge < -0.3 is 0 Å². The standard InChI is InChI=1S/C21H15BrN2S/c22-17-11-13-18(14-12-17)24-21(25)19(15-7-3-1-4-8-15)20(23-24)16-9-5-2-6-10-16/h1-14,23H. The molecule has 0 aliphatic heterocycles. The van der Waals surface area contributed by atoms with Gasteiger partial charge in [-0.1, -0.05) is 88.8 Å². The van der Waals surface area contributed by atoms with Gasteiger partial charge in [-0.05, 0) is 29.8 Å². The first kappa shape index (κ1) is 16.1. The second-order valence-corrected chi connectivity index (χ2v) is 7.01. The summed E-state index contributed by atoms with van der Waals surface area (Å²) in [6.07, 6.45) is 0. The molecule has 0 atom stereocenters. The zero-order valence-corrected chi connectivity index (χ0v) is 15.7. The number of halogens is 1. The van der Waals surface area contributed by atoms with Crippen LogP contribution in [0, 0.1) is 4.64 Å². The van der Waals surface area contributed by atoms with Gasteiger partial charge in [0.2, 0.25) is 0 Å². The van der Waals surface area contributed by atoms with Crippen LogP contribution in [0.2, 0.25) is 0 Å². The van der Waals surface area contributed by atoms with E-state index in [9.17, 15) is 0 Å². The molecule has 0 saturated carbocycles. The van der Waals surface area contributed by atoms with Crippen molar-refractivity contribution in [2.24, 2.45) is 0 Å². The zero-order valence-electron chi connectivity index (χ0n) is 13.3. The molecule has 3 aromatic carbocycles. The second kappa shape index (κ2) is 6.82. The van der Waals surface area contributed by atoms with Gasteiger partial charge in [0.05, 0.1) is 11.4 Å². The number of aromatic nitrogens is 2. The summed E-state index contributed by atoms with van der Waals surface area (Å²) in [5.74, 6) is 0. The molecule has 0 fully saturated rings. The Kier molecular flexibility index (Phi) is 4.38. The Bertz CT molecular complexity index is 1050. The van der Waals surface area contributed by atoms with Gasteiger partial charge in [0.15, 0.2) is 0 Å². The van der Waals surface area contributed by atoms with Crippen molar-refractivity contribution in [2.45, 2.75) is 0 Å². The lowest BCUT2D eigenvalue weighted by Crippen LogP contribution is -1.96. The first-order valence-corrected chi connectivity index (χ1v) is 9.16. The van der Waals surface area contributed by atoms with E-state index >= 15 is 0 Å². The van der Waals surface area contributed by atoms with Crippen molar-refractivity contribution in [3.63, 3.8) is 0 Å². The Hall–Kier alpha value is -2.43. The summed E-state index contributed by atoms with van der Waals surface area (Å²) < 4.78 is 3.78. The average molecular weight is 407 g/mol. The van der Waals surface area contributed by atoms with Crippen molar-refractivity contribution < 1.29 is 0 Å². The van der Waals surface area contributed by atoms with Crippen LogP contribution >= 0.6 is 28.1 Å². The summed E-state index contributed by atoms with van der Waals surface area (Å²) in [7, 11) is 0. The number of hydrogen-bond donors (Lipinski definition) is 1. The van der Waals surface area contributed by atoms with E-state index in [0.717, 1.165) is 37.2 Å². The summed E-state index contributed by atoms with van der Waals surface area (Å²) in [4.78, 5) is 0. The van der Waals surface area contributed by atoms with Crippen molar-refractivity contribution in [3.8, 4) is 28.1 Å². The quantitative estimate of drug-likeness (QED) is 0.378. The fourth-order valence-corrected chi connectivity index (χ4v) is 3.53. The third-order valence-electron chi connectivity index (χ3n) is 4.10. The Morgan fingerprint density at radius 3 is 1.88 bits per heavy atom. The number of benzene rings is 3. The Morgan fingerprint density at radius 1 is 0.720 bits per heavy atom. The maximum absolute atomic E-state index is 5.83. The number of rotatable bonds is 3. The molecule has 1 heterocycles. The van der Waals surface area contributed by atoms with Crippen LogP contribution in [0.3, 0.4) is 0 Å². The molecule has 0 amide bonds. The molecule has 0 bridgehead atoms. The Balaban J connectivity index is 1.98. The van der Waals surface area contributed by atoms with E-state index in [2.05, 4.69) is 45.3 Å². The summed E-state index contributed by atoms with van der Waals surface area (Å²) in [6, 6.07) is 28.7. The molecule has 1 N–H and O–H groups in total. The van der Waals surface area contributed by atoms with Crippen LogP contribution in [0.5, 0.6) is 0 Å². The predicted octanol–water partition coefficient (Wildman–Crippen LogP) is 6.63. The fraction of sp³-hybridized carbons (Fsp3) is 0. The number of H-pyrrole nitrogens is 1. The monoisotopic (exact) mass is 406 g/mol. The molecule has 122 valence electrons. The van der Waals surface area contributed by atoms with Gasteiger partial charge in [-0.3, -0.25) is 5.10 Å². The molecule has 2 nitrogen and oxygen atoms in total. The SMILES string of the molecule is S=c1c(-c2ccccc2)c(-c2ccccc2)[nH]n1-c1ccc(Br)cc1. The highest BCUT2D eigenvalue weighted by atomic mass is 79.9. The maximum atomic E-state index is 5.83. The first-order valence-electron chi connectivity index (χ1n) is 7.96. The van der Waals surface area contributed by atoms with Crippen LogP contribution < -0.4 is 0 Å². The molecule has 25 heavy (non-hydrogen) atoms. The number of aromatic amines is 1. The van der Waals surface area contributed by atoms with E-state index in [1.54, 1.807) is 0 Å². The molecule has 4 aromatic rings. The van der Waals surface area contributed by atoms with E-state index in [1.807, 2.05) is 65.3 Å². The minimum Gasteiger partial charge on any atom is -0.292 e. The highest BCUT2D eigenvalue weighted by Gasteiger charge is 2.15. The number of nitrogens with zero attached hydrogens (tertiary/aromatic N) is 1. The minimum absolute atomic E-state index is 0.771. The summed E-state index contributed by atoms with van der Waals surface area (Å²) >= 11 is 9.31. The second-order valence-electron chi connectivity index (χ2n) is 5.71. The molecule has 0 unspecified atom stereocenters. The predicted molar refractivity (Wildman–Crippen MR) is 110 cm³/mol. The van der Waals surface area contributed by atoms with E-state index < -0.39 is 0 Å². The topological polar surface area (TPSA) is 20.7 Å². The van der Waals surface area contributed by atoms with Gasteiger partial charge in [-0.2, -0.15) is 0 Å². The third kappa shape index (κ3) is 3.11. The normalized spacial score (nSPS) is 10.8. The molecule has 0 spiro atoms. The Labute approximate surface area is 159 Å². The largest absolute Gasteiger partial charge is 0.292 e. The zero-order chi connectivity index (χ0) is 17.2.